The molecule has 1 heterocycles. The molecule has 0 atom stereocenters. The zero-order valence-corrected chi connectivity index (χ0v) is 14.5. The van der Waals surface area contributed by atoms with E-state index in [0.29, 0.717) is 5.57 Å². The Kier molecular flexibility index (Phi) is 5.33. The SMILES string of the molecule is C=CC(=O)OCCNC(=O)C(C#N)=C1c2ccccc2Nc2ccccc21. The van der Waals surface area contributed by atoms with E-state index in [0.717, 1.165) is 28.6 Å². The Balaban J connectivity index is 1.94. The molecule has 2 aromatic rings. The van der Waals surface area contributed by atoms with Gasteiger partial charge in [-0.15, -0.1) is 0 Å². The maximum absolute atomic E-state index is 12.6. The molecule has 134 valence electrons. The average Bonchev–Trinajstić information content (AvgIpc) is 2.71. The van der Waals surface area contributed by atoms with Crippen LogP contribution in [-0.4, -0.2) is 25.0 Å². The number of amides is 1. The summed E-state index contributed by atoms with van der Waals surface area (Å²) in [6.07, 6.45) is 1.05. The molecular weight excluding hydrogens is 342 g/mol. The summed E-state index contributed by atoms with van der Waals surface area (Å²) in [5, 5.41) is 15.6. The lowest BCUT2D eigenvalue weighted by Gasteiger charge is -2.24. The first kappa shape index (κ1) is 18.0. The van der Waals surface area contributed by atoms with Crippen LogP contribution in [0, 0.1) is 11.3 Å². The van der Waals surface area contributed by atoms with Gasteiger partial charge >= 0.3 is 5.97 Å². The van der Waals surface area contributed by atoms with Gasteiger partial charge in [-0.1, -0.05) is 43.0 Å². The van der Waals surface area contributed by atoms with Gasteiger partial charge in [0.1, 0.15) is 18.2 Å². The molecule has 0 saturated heterocycles. The number of nitrogens with one attached hydrogen (secondary N) is 2. The normalized spacial score (nSPS) is 11.1. The van der Waals surface area contributed by atoms with E-state index in [4.69, 9.17) is 4.74 Å². The Labute approximate surface area is 156 Å². The summed E-state index contributed by atoms with van der Waals surface area (Å²) >= 11 is 0. The maximum Gasteiger partial charge on any atom is 0.330 e. The van der Waals surface area contributed by atoms with E-state index >= 15 is 0 Å². The molecule has 0 bridgehead atoms. The van der Waals surface area contributed by atoms with Crippen LogP contribution in [0.4, 0.5) is 11.4 Å². The minimum atomic E-state index is -0.565. The number of fused-ring (bicyclic) bond motifs is 2. The number of carbonyl (C=O) groups excluding carboxylic acids is 2. The Morgan fingerprint density at radius 3 is 2.26 bits per heavy atom. The number of para-hydroxylation sites is 2. The minimum Gasteiger partial charge on any atom is -0.461 e. The molecule has 0 saturated carbocycles. The van der Waals surface area contributed by atoms with Crippen LogP contribution in [0.3, 0.4) is 0 Å². The summed E-state index contributed by atoms with van der Waals surface area (Å²) in [5.41, 5.74) is 3.79. The minimum absolute atomic E-state index is 0.000630. The third kappa shape index (κ3) is 3.72. The fourth-order valence-corrected chi connectivity index (χ4v) is 2.86. The van der Waals surface area contributed by atoms with E-state index < -0.39 is 11.9 Å². The second-order valence-corrected chi connectivity index (χ2v) is 5.71. The quantitative estimate of drug-likeness (QED) is 0.316. The van der Waals surface area contributed by atoms with Gasteiger partial charge in [0, 0.05) is 34.2 Å². The molecule has 0 aromatic heterocycles. The average molecular weight is 359 g/mol. The van der Waals surface area contributed by atoms with Crippen molar-refractivity contribution in [3.63, 3.8) is 0 Å². The number of nitrogens with zero attached hydrogens (tertiary/aromatic N) is 1. The van der Waals surface area contributed by atoms with Crippen LogP contribution >= 0.6 is 0 Å². The summed E-state index contributed by atoms with van der Waals surface area (Å²) < 4.78 is 4.83. The summed E-state index contributed by atoms with van der Waals surface area (Å²) in [6.45, 7) is 3.40. The van der Waals surface area contributed by atoms with Crippen molar-refractivity contribution in [3.05, 3.63) is 77.9 Å². The highest BCUT2D eigenvalue weighted by atomic mass is 16.5. The van der Waals surface area contributed by atoms with Crippen molar-refractivity contribution >= 4 is 28.8 Å². The van der Waals surface area contributed by atoms with E-state index in [1.807, 2.05) is 54.6 Å². The molecule has 1 aliphatic rings. The first-order valence-electron chi connectivity index (χ1n) is 8.33. The van der Waals surface area contributed by atoms with Crippen LogP contribution < -0.4 is 10.6 Å². The zero-order chi connectivity index (χ0) is 19.2. The lowest BCUT2D eigenvalue weighted by atomic mass is 9.88. The zero-order valence-electron chi connectivity index (χ0n) is 14.5. The highest BCUT2D eigenvalue weighted by Gasteiger charge is 2.25. The van der Waals surface area contributed by atoms with Gasteiger partial charge in [-0.25, -0.2) is 4.79 Å². The van der Waals surface area contributed by atoms with Gasteiger partial charge in [-0.3, -0.25) is 4.79 Å². The molecule has 1 amide bonds. The van der Waals surface area contributed by atoms with E-state index in [1.54, 1.807) is 0 Å². The molecule has 0 unspecified atom stereocenters. The number of esters is 1. The van der Waals surface area contributed by atoms with Crippen molar-refractivity contribution in [1.82, 2.24) is 5.32 Å². The molecule has 0 aliphatic carbocycles. The van der Waals surface area contributed by atoms with Crippen LogP contribution in [-0.2, 0) is 14.3 Å². The lowest BCUT2D eigenvalue weighted by Crippen LogP contribution is -2.29. The third-order valence-corrected chi connectivity index (χ3v) is 4.05. The van der Waals surface area contributed by atoms with Gasteiger partial charge in [0.25, 0.3) is 5.91 Å². The van der Waals surface area contributed by atoms with E-state index in [-0.39, 0.29) is 18.7 Å². The van der Waals surface area contributed by atoms with Crippen molar-refractivity contribution in [2.45, 2.75) is 0 Å². The largest absolute Gasteiger partial charge is 0.461 e. The van der Waals surface area contributed by atoms with Crippen LogP contribution in [0.2, 0.25) is 0 Å². The molecule has 27 heavy (non-hydrogen) atoms. The monoisotopic (exact) mass is 359 g/mol. The van der Waals surface area contributed by atoms with E-state index in [9.17, 15) is 14.9 Å². The first-order chi connectivity index (χ1) is 13.2. The molecule has 0 fully saturated rings. The molecule has 1 aliphatic heterocycles. The van der Waals surface area contributed by atoms with Crippen molar-refractivity contribution in [1.29, 1.82) is 5.26 Å². The molecule has 0 radical (unpaired) electrons. The smallest absolute Gasteiger partial charge is 0.330 e. The maximum atomic E-state index is 12.6. The number of rotatable bonds is 5. The Morgan fingerprint density at radius 1 is 1.11 bits per heavy atom. The fraction of sp³-hybridized carbons (Fsp3) is 0.0952. The Bertz CT molecular complexity index is 939. The van der Waals surface area contributed by atoms with Gasteiger partial charge in [-0.05, 0) is 12.1 Å². The molecular formula is C21H17N3O3. The molecule has 0 spiro atoms. The van der Waals surface area contributed by atoms with Gasteiger partial charge in [-0.2, -0.15) is 5.26 Å². The number of hydrogen-bond acceptors (Lipinski definition) is 5. The Morgan fingerprint density at radius 2 is 1.70 bits per heavy atom. The summed E-state index contributed by atoms with van der Waals surface area (Å²) in [4.78, 5) is 23.7. The number of benzene rings is 2. The van der Waals surface area contributed by atoms with Crippen LogP contribution in [0.15, 0.2) is 66.8 Å². The number of carbonyl (C=O) groups is 2. The second kappa shape index (κ2) is 8.02. The summed E-state index contributed by atoms with van der Waals surface area (Å²) in [6, 6.07) is 17.0. The van der Waals surface area contributed by atoms with Gasteiger partial charge in [0.2, 0.25) is 0 Å². The molecule has 6 heteroatoms. The molecule has 3 rings (SSSR count). The van der Waals surface area contributed by atoms with Gasteiger partial charge in [0.15, 0.2) is 0 Å². The van der Waals surface area contributed by atoms with Crippen LogP contribution in [0.25, 0.3) is 5.57 Å². The highest BCUT2D eigenvalue weighted by Crippen LogP contribution is 2.41. The number of ether oxygens (including phenoxy) is 1. The van der Waals surface area contributed by atoms with Crippen molar-refractivity contribution in [2.24, 2.45) is 0 Å². The third-order valence-electron chi connectivity index (χ3n) is 4.05. The summed E-state index contributed by atoms with van der Waals surface area (Å²) in [5.74, 6) is -1.09. The first-order valence-corrected chi connectivity index (χ1v) is 8.33. The summed E-state index contributed by atoms with van der Waals surface area (Å²) in [7, 11) is 0. The van der Waals surface area contributed by atoms with Crippen molar-refractivity contribution in [2.75, 3.05) is 18.5 Å². The number of nitriles is 1. The molecule has 2 N–H and O–H groups in total. The standard InChI is InChI=1S/C21H17N3O3/c1-2-19(25)27-12-11-23-21(26)16(13-22)20-14-7-3-5-9-17(14)24-18-10-6-4-8-15(18)20/h2-10,24H,1,11-12H2,(H,23,26). The van der Waals surface area contributed by atoms with E-state index in [1.165, 1.54) is 0 Å². The molecule has 6 nitrogen and oxygen atoms in total. The Hall–Kier alpha value is -3.85. The predicted octanol–water partition coefficient (Wildman–Crippen LogP) is 2.91. The second-order valence-electron chi connectivity index (χ2n) is 5.71. The van der Waals surface area contributed by atoms with Gasteiger partial charge < -0.3 is 15.4 Å². The van der Waals surface area contributed by atoms with Gasteiger partial charge in [0.05, 0.1) is 6.54 Å². The number of hydrogen-bond donors (Lipinski definition) is 2. The highest BCUT2D eigenvalue weighted by molar-refractivity contribution is 6.12. The number of anilines is 2. The lowest BCUT2D eigenvalue weighted by molar-refractivity contribution is -0.138. The molecule has 2 aromatic carbocycles. The predicted molar refractivity (Wildman–Crippen MR) is 102 cm³/mol. The fourth-order valence-electron chi connectivity index (χ4n) is 2.86. The van der Waals surface area contributed by atoms with Crippen molar-refractivity contribution in [3.8, 4) is 6.07 Å². The topological polar surface area (TPSA) is 91.2 Å². The van der Waals surface area contributed by atoms with Crippen LogP contribution in [0.1, 0.15) is 11.1 Å². The van der Waals surface area contributed by atoms with Crippen molar-refractivity contribution < 1.29 is 14.3 Å². The van der Waals surface area contributed by atoms with E-state index in [2.05, 4.69) is 17.2 Å². The van der Waals surface area contributed by atoms with Crippen LogP contribution in [0.5, 0.6) is 0 Å².